The summed E-state index contributed by atoms with van der Waals surface area (Å²) in [7, 11) is 0. The standard InChI is InChI=1S/C24H49ClO8/c1-2-3-4-5-6-7-9-26-11-13-28-15-17-30-19-21-32-23-24-33-22-20-31-18-16-29-14-12-27-10-8-25/h2-24H2,1H3. The van der Waals surface area contributed by atoms with E-state index in [1.165, 1.54) is 32.1 Å². The second-order valence-electron chi connectivity index (χ2n) is 7.36. The quantitative estimate of drug-likeness (QED) is 0.109. The van der Waals surface area contributed by atoms with Gasteiger partial charge in [-0.15, -0.1) is 11.6 Å². The molecule has 0 aromatic carbocycles. The topological polar surface area (TPSA) is 73.8 Å². The van der Waals surface area contributed by atoms with Crippen LogP contribution >= 0.6 is 11.6 Å². The van der Waals surface area contributed by atoms with E-state index < -0.39 is 0 Å². The fourth-order valence-electron chi connectivity index (χ4n) is 2.68. The first-order valence-electron chi connectivity index (χ1n) is 12.6. The van der Waals surface area contributed by atoms with Crippen molar-refractivity contribution >= 4 is 11.6 Å². The van der Waals surface area contributed by atoms with E-state index >= 15 is 0 Å². The fourth-order valence-corrected chi connectivity index (χ4v) is 2.79. The van der Waals surface area contributed by atoms with E-state index in [1.54, 1.807) is 0 Å². The summed E-state index contributed by atoms with van der Waals surface area (Å²) in [6.07, 6.45) is 7.72. The average molecular weight is 501 g/mol. The van der Waals surface area contributed by atoms with Gasteiger partial charge in [-0.25, -0.2) is 0 Å². The Kier molecular flexibility index (Phi) is 31.9. The van der Waals surface area contributed by atoms with E-state index in [9.17, 15) is 0 Å². The second kappa shape index (κ2) is 32.0. The third-order valence-corrected chi connectivity index (χ3v) is 4.62. The maximum atomic E-state index is 5.57. The molecule has 0 rings (SSSR count). The van der Waals surface area contributed by atoms with Crippen molar-refractivity contribution in [3.63, 3.8) is 0 Å². The highest BCUT2D eigenvalue weighted by molar-refractivity contribution is 6.17. The molecule has 0 heterocycles. The maximum Gasteiger partial charge on any atom is 0.0701 e. The molecule has 33 heavy (non-hydrogen) atoms. The van der Waals surface area contributed by atoms with E-state index in [2.05, 4.69) is 6.92 Å². The lowest BCUT2D eigenvalue weighted by molar-refractivity contribution is -0.0228. The summed E-state index contributed by atoms with van der Waals surface area (Å²) in [5.74, 6) is 0.507. The Hall–Kier alpha value is -0.0300. The van der Waals surface area contributed by atoms with Crippen molar-refractivity contribution in [2.45, 2.75) is 45.4 Å². The molecular formula is C24H49ClO8. The van der Waals surface area contributed by atoms with E-state index in [1.807, 2.05) is 0 Å². The third-order valence-electron chi connectivity index (χ3n) is 4.47. The first-order valence-corrected chi connectivity index (χ1v) is 13.1. The predicted molar refractivity (Wildman–Crippen MR) is 131 cm³/mol. The average Bonchev–Trinajstić information content (AvgIpc) is 2.83. The summed E-state index contributed by atoms with van der Waals surface area (Å²) in [5, 5.41) is 0. The minimum atomic E-state index is 0.507. The highest BCUT2D eigenvalue weighted by Gasteiger charge is 1.95. The normalized spacial score (nSPS) is 11.5. The van der Waals surface area contributed by atoms with Crippen molar-refractivity contribution in [1.29, 1.82) is 0 Å². The number of rotatable bonds is 30. The molecule has 0 unspecified atom stereocenters. The van der Waals surface area contributed by atoms with Gasteiger partial charge in [-0.1, -0.05) is 39.0 Å². The number of alkyl halides is 1. The number of hydrogen-bond donors (Lipinski definition) is 0. The van der Waals surface area contributed by atoms with Crippen LogP contribution in [0.1, 0.15) is 45.4 Å². The van der Waals surface area contributed by atoms with Gasteiger partial charge in [0.2, 0.25) is 0 Å². The zero-order valence-electron chi connectivity index (χ0n) is 20.9. The molecule has 0 aliphatic carbocycles. The molecule has 0 spiro atoms. The Morgan fingerprint density at radius 3 is 0.939 bits per heavy atom. The number of ether oxygens (including phenoxy) is 8. The molecule has 8 nitrogen and oxygen atoms in total. The SMILES string of the molecule is CCCCCCCCOCCOCCOCCOCCOCCOCCOCCOCCCl. The first kappa shape index (κ1) is 33.0. The molecule has 0 radical (unpaired) electrons. The van der Waals surface area contributed by atoms with Crippen LogP contribution in [-0.2, 0) is 37.9 Å². The third kappa shape index (κ3) is 32.0. The van der Waals surface area contributed by atoms with Crippen LogP contribution in [0.15, 0.2) is 0 Å². The van der Waals surface area contributed by atoms with Crippen LogP contribution in [-0.4, -0.2) is 112 Å². The van der Waals surface area contributed by atoms with Crippen molar-refractivity contribution < 1.29 is 37.9 Å². The van der Waals surface area contributed by atoms with Gasteiger partial charge in [0, 0.05) is 12.5 Å². The molecule has 0 fully saturated rings. The fraction of sp³-hybridized carbons (Fsp3) is 1.00. The molecule has 9 heteroatoms. The van der Waals surface area contributed by atoms with Crippen LogP contribution < -0.4 is 0 Å². The summed E-state index contributed by atoms with van der Waals surface area (Å²) in [6.45, 7) is 11.5. The van der Waals surface area contributed by atoms with Crippen LogP contribution in [0.2, 0.25) is 0 Å². The summed E-state index contributed by atoms with van der Waals surface area (Å²) < 4.78 is 43.4. The van der Waals surface area contributed by atoms with Gasteiger partial charge in [-0.3, -0.25) is 0 Å². The molecule has 0 bridgehead atoms. The highest BCUT2D eigenvalue weighted by Crippen LogP contribution is 2.04. The zero-order chi connectivity index (χ0) is 23.9. The molecule has 0 aromatic heterocycles. The molecular weight excluding hydrogens is 452 g/mol. The Morgan fingerprint density at radius 1 is 0.333 bits per heavy atom. The second-order valence-corrected chi connectivity index (χ2v) is 7.73. The molecule has 0 N–H and O–H groups in total. The molecule has 0 saturated heterocycles. The molecule has 0 aliphatic heterocycles. The molecule has 0 saturated carbocycles. The Morgan fingerprint density at radius 2 is 0.606 bits per heavy atom. The molecule has 0 aromatic rings. The number of unbranched alkanes of at least 4 members (excludes halogenated alkanes) is 5. The highest BCUT2D eigenvalue weighted by atomic mass is 35.5. The largest absolute Gasteiger partial charge is 0.379 e. The van der Waals surface area contributed by atoms with E-state index in [0.29, 0.717) is 105 Å². The summed E-state index contributed by atoms with van der Waals surface area (Å²) in [4.78, 5) is 0. The van der Waals surface area contributed by atoms with E-state index in [-0.39, 0.29) is 0 Å². The van der Waals surface area contributed by atoms with Gasteiger partial charge in [0.05, 0.1) is 99.1 Å². The summed E-state index contributed by atoms with van der Waals surface area (Å²) in [5.41, 5.74) is 0. The number of halogens is 1. The lowest BCUT2D eigenvalue weighted by Crippen LogP contribution is -2.15. The summed E-state index contributed by atoms with van der Waals surface area (Å²) >= 11 is 5.50. The lowest BCUT2D eigenvalue weighted by Gasteiger charge is -2.08. The lowest BCUT2D eigenvalue weighted by atomic mass is 10.1. The smallest absolute Gasteiger partial charge is 0.0701 e. The monoisotopic (exact) mass is 500 g/mol. The predicted octanol–water partition coefficient (Wildman–Crippen LogP) is 3.72. The van der Waals surface area contributed by atoms with Gasteiger partial charge in [0.25, 0.3) is 0 Å². The Balaban J connectivity index is 2.99. The molecule has 200 valence electrons. The Labute approximate surface area is 206 Å². The van der Waals surface area contributed by atoms with Crippen LogP contribution in [0.4, 0.5) is 0 Å². The van der Waals surface area contributed by atoms with E-state index in [4.69, 9.17) is 49.5 Å². The van der Waals surface area contributed by atoms with Crippen molar-refractivity contribution in [2.24, 2.45) is 0 Å². The van der Waals surface area contributed by atoms with Gasteiger partial charge in [-0.05, 0) is 6.42 Å². The minimum absolute atomic E-state index is 0.507. The van der Waals surface area contributed by atoms with Gasteiger partial charge in [0.1, 0.15) is 0 Å². The van der Waals surface area contributed by atoms with Gasteiger partial charge in [0.15, 0.2) is 0 Å². The van der Waals surface area contributed by atoms with Crippen LogP contribution in [0, 0.1) is 0 Å². The molecule has 0 amide bonds. The van der Waals surface area contributed by atoms with Gasteiger partial charge in [-0.2, -0.15) is 0 Å². The van der Waals surface area contributed by atoms with E-state index in [0.717, 1.165) is 13.0 Å². The van der Waals surface area contributed by atoms with Crippen molar-refractivity contribution in [3.05, 3.63) is 0 Å². The van der Waals surface area contributed by atoms with Crippen molar-refractivity contribution in [3.8, 4) is 0 Å². The first-order chi connectivity index (χ1) is 16.4. The van der Waals surface area contributed by atoms with Crippen LogP contribution in [0.3, 0.4) is 0 Å². The minimum Gasteiger partial charge on any atom is -0.379 e. The van der Waals surface area contributed by atoms with Crippen molar-refractivity contribution in [2.75, 3.05) is 112 Å². The van der Waals surface area contributed by atoms with Crippen molar-refractivity contribution in [1.82, 2.24) is 0 Å². The summed E-state index contributed by atoms with van der Waals surface area (Å²) in [6, 6.07) is 0. The van der Waals surface area contributed by atoms with Gasteiger partial charge >= 0.3 is 0 Å². The number of hydrogen-bond acceptors (Lipinski definition) is 8. The molecule has 0 atom stereocenters. The Bertz CT molecular complexity index is 310. The van der Waals surface area contributed by atoms with Crippen LogP contribution in [0.5, 0.6) is 0 Å². The molecule has 0 aliphatic rings. The van der Waals surface area contributed by atoms with Crippen LogP contribution in [0.25, 0.3) is 0 Å². The zero-order valence-corrected chi connectivity index (χ0v) is 21.7. The maximum absolute atomic E-state index is 5.57. The van der Waals surface area contributed by atoms with Gasteiger partial charge < -0.3 is 37.9 Å².